The molecule has 146 heavy (non-hydrogen) atoms. The molecule has 2 heterocycles. The van der Waals surface area contributed by atoms with E-state index < -0.39 is 128 Å². The van der Waals surface area contributed by atoms with Crippen LogP contribution in [0.15, 0.2) is 239 Å². The van der Waals surface area contributed by atoms with Crippen molar-refractivity contribution in [3.05, 3.63) is 343 Å². The van der Waals surface area contributed by atoms with Crippen LogP contribution in [0.2, 0.25) is 0 Å². The number of alkyl halides is 8. The molecule has 12 aromatic rings. The zero-order chi connectivity index (χ0) is 105. The fraction of sp³-hybridized carbons (Fsp3) is 0.321. The van der Waals surface area contributed by atoms with Gasteiger partial charge in [0.05, 0.1) is 108 Å². The molecule has 18 rings (SSSR count). The number of rotatable bonds is 32. The summed E-state index contributed by atoms with van der Waals surface area (Å²) < 4.78 is 241. The molecule has 768 valence electrons. The van der Waals surface area contributed by atoms with Gasteiger partial charge in [0.25, 0.3) is 0 Å². The zero-order valence-corrected chi connectivity index (χ0v) is 81.6. The molecule has 0 spiro atoms. The number of phenols is 4. The van der Waals surface area contributed by atoms with Gasteiger partial charge in [0.15, 0.2) is 81.0 Å². The van der Waals surface area contributed by atoms with Crippen molar-refractivity contribution in [1.82, 2.24) is 21.3 Å². The Labute approximate surface area is 833 Å². The summed E-state index contributed by atoms with van der Waals surface area (Å²) in [5.74, 6) is -4.87. The van der Waals surface area contributed by atoms with Gasteiger partial charge in [-0.1, -0.05) is 96.1 Å². The third kappa shape index (κ3) is 19.3. The highest BCUT2D eigenvalue weighted by Crippen LogP contribution is 2.71. The monoisotopic (exact) mass is 2020 g/mol. The van der Waals surface area contributed by atoms with Gasteiger partial charge in [0.1, 0.15) is 34.8 Å². The van der Waals surface area contributed by atoms with Gasteiger partial charge < -0.3 is 88.4 Å². The topological polar surface area (TPSA) is 297 Å². The number of aromatic hydroxyl groups is 4. The highest BCUT2D eigenvalue weighted by molar-refractivity contribution is 5.95. The fourth-order valence-electron chi connectivity index (χ4n) is 20.9. The summed E-state index contributed by atoms with van der Waals surface area (Å²) in [5.41, 5.74) is -15.3. The Morgan fingerprint density at radius 1 is 0.363 bits per heavy atom. The number of carbonyl (C=O) groups is 4. The lowest BCUT2D eigenvalue weighted by Crippen LogP contribution is -2.53. The average Bonchev–Trinajstić information content (AvgIpc) is 1.59. The fourth-order valence-corrected chi connectivity index (χ4v) is 20.9. The van der Waals surface area contributed by atoms with Crippen molar-refractivity contribution in [2.75, 3.05) is 56.9 Å². The minimum Gasteiger partial charge on any atom is -0.502 e. The Morgan fingerprint density at radius 3 is 0.952 bits per heavy atom. The van der Waals surface area contributed by atoms with E-state index in [0.717, 1.165) is 164 Å². The minimum absolute atomic E-state index is 0.0102. The summed E-state index contributed by atoms with van der Waals surface area (Å²) in [6, 6.07) is 50.0. The maximum atomic E-state index is 16.9. The highest BCUT2D eigenvalue weighted by Gasteiger charge is 2.77. The number of hydrogen-bond donors (Lipinski definition) is 8. The van der Waals surface area contributed by atoms with Crippen LogP contribution in [0, 0.1) is 23.3 Å². The molecule has 0 bridgehead atoms. The van der Waals surface area contributed by atoms with Gasteiger partial charge in [-0.05, 0) is 241 Å². The number of fused-ring (bicyclic) bond motifs is 4. The molecule has 6 aliphatic rings. The molecule has 6 aliphatic carbocycles. The lowest BCUT2D eigenvalue weighted by molar-refractivity contribution is -0.159. The predicted molar refractivity (Wildman–Crippen MR) is 517 cm³/mol. The van der Waals surface area contributed by atoms with Crippen LogP contribution < -0.4 is 59.2 Å². The molecule has 10 atom stereocenters. The van der Waals surface area contributed by atoms with Crippen molar-refractivity contribution in [3.63, 3.8) is 0 Å². The molecule has 10 aromatic carbocycles. The average molecular weight is 2030 g/mol. The van der Waals surface area contributed by atoms with E-state index in [1.165, 1.54) is 59.0 Å². The largest absolute Gasteiger partial charge is 0.502 e. The molecule has 2 aromatic heterocycles. The van der Waals surface area contributed by atoms with Gasteiger partial charge in [-0.15, -0.1) is 0 Å². The number of furan rings is 2. The summed E-state index contributed by atoms with van der Waals surface area (Å²) in [7, 11) is 10.7. The number of carbonyl (C=O) groups excluding carboxylic acids is 4. The molecule has 4 amide bonds. The first-order chi connectivity index (χ1) is 69.5. The van der Waals surface area contributed by atoms with E-state index in [-0.39, 0.29) is 107 Å². The molecule has 0 radical (unpaired) electrons. The lowest BCUT2D eigenvalue weighted by atomic mass is 9.75. The smallest absolute Gasteiger partial charge is 0.224 e. The standard InChI is InChI=1S/C30H30FNO4.C28H26F5NO4.C28H28FNO5.C26H24F5NO5/c1-18-23(16-27(33)32-17-19-7-5-4-6-8-19)24-15-21(31)9-10-22(24)28(18)30(11-12-30)20-13-25(35-2)29(34)26(14-20)36-3;1-26(31)27(32,14-23(35)34-15-16-7-5-4-6-8-16)20-13-18(29)9-10-19(20)28(26,33)25(30)17-11-21(37-2)24(36)22(12-17)38-3;1-16-21(14-25(31)30-15-19-5-4-10-35-19)22-13-18(29)6-7-20(22)26(16)28(8-9-28)17-11-23(33-2)27(32)24(12-17)34-3;1-24(29)25(30,12-21(33)32-13-16-5-4-8-37-16)18-11-15(27)6-7-17(18)26(24,31)23(28)14-9-19(35-2)22(34)20(10-14)36-3/h4-10,13-15,28,34H,11-12,16-17H2,1-3H3,(H,32,33);4-13,25,36H,14-15H2,1-3H3,(H,34,35);4-7,10-13,26,32H,8-9,14-15H2,1-3H3,(H,30,31);4-11,23,34H,12-13H2,1-3H3,(H,32,33). The second-order valence-corrected chi connectivity index (χ2v) is 37.1. The Morgan fingerprint density at radius 2 is 0.651 bits per heavy atom. The molecule has 0 saturated heterocycles. The van der Waals surface area contributed by atoms with Gasteiger partial charge >= 0.3 is 0 Å². The molecule has 10 unspecified atom stereocenters. The van der Waals surface area contributed by atoms with Crippen LogP contribution in [0.1, 0.15) is 193 Å². The third-order valence-electron chi connectivity index (χ3n) is 28.9. The second kappa shape index (κ2) is 41.9. The van der Waals surface area contributed by atoms with Crippen LogP contribution >= 0.6 is 0 Å². The van der Waals surface area contributed by atoms with Gasteiger partial charge in [-0.2, -0.15) is 0 Å². The van der Waals surface area contributed by atoms with Crippen LogP contribution in [0.25, 0.3) is 11.1 Å². The maximum absolute atomic E-state index is 16.9. The summed E-state index contributed by atoms with van der Waals surface area (Å²) in [6.07, 6.45) is -1.33. The number of benzene rings is 10. The van der Waals surface area contributed by atoms with Crippen LogP contribution in [0.3, 0.4) is 0 Å². The quantitative estimate of drug-likeness (QED) is 0.0182. The SMILES string of the molecule is COc1cc(C(F)C2(F)c3ccc(F)cc3C(F)(CC(=O)NCc3ccccc3)C2(C)F)cc(OC)c1O.COc1cc(C(F)C2(F)c3ccc(F)cc3C(F)(CC(=O)NCc3ccco3)C2(C)F)cc(OC)c1O.COc1cc(C2(C3C(C)=C(CC(=O)NCc4ccccc4)c4cc(F)ccc43)CC2)cc(OC)c1O.COc1cc(C2(C3C(C)=C(CC(=O)NCc4ccco4)c4cc(F)ccc43)CC2)cc(OC)c1O. The second-order valence-electron chi connectivity index (χ2n) is 37.1. The van der Waals surface area contributed by atoms with E-state index in [4.69, 9.17) is 46.7 Å². The van der Waals surface area contributed by atoms with Crippen molar-refractivity contribution < 1.29 is 139 Å². The summed E-state index contributed by atoms with van der Waals surface area (Å²) in [6.45, 7) is 5.65. The first kappa shape index (κ1) is 105. The van der Waals surface area contributed by atoms with E-state index in [1.54, 1.807) is 60.9 Å². The molecule has 2 saturated carbocycles. The number of phenolic OH excluding ortho intramolecular Hbond substituents is 4. The Kier molecular flexibility index (Phi) is 30.2. The minimum atomic E-state index is -3.72. The van der Waals surface area contributed by atoms with Gasteiger partial charge in [-0.25, -0.2) is 52.7 Å². The van der Waals surface area contributed by atoms with Crippen LogP contribution in [-0.4, -0.2) is 112 Å². The van der Waals surface area contributed by atoms with Gasteiger partial charge in [-0.3, -0.25) is 19.2 Å². The van der Waals surface area contributed by atoms with Crippen molar-refractivity contribution in [1.29, 1.82) is 0 Å². The number of hydrogen-bond acceptors (Lipinski definition) is 18. The molecule has 0 aliphatic heterocycles. The number of allylic oxidation sites excluding steroid dienone is 2. The van der Waals surface area contributed by atoms with Crippen molar-refractivity contribution in [2.45, 2.75) is 174 Å². The highest BCUT2D eigenvalue weighted by atomic mass is 19.2. The number of nitrogens with one attached hydrogen (secondary N) is 4. The predicted octanol–water partition coefficient (Wildman–Crippen LogP) is 23.0. The van der Waals surface area contributed by atoms with Crippen LogP contribution in [-0.2, 0) is 78.9 Å². The van der Waals surface area contributed by atoms with Crippen molar-refractivity contribution >= 4 is 34.8 Å². The zero-order valence-electron chi connectivity index (χ0n) is 81.6. The third-order valence-corrected chi connectivity index (χ3v) is 28.9. The summed E-state index contributed by atoms with van der Waals surface area (Å²) in [5, 5.41) is 51.8. The summed E-state index contributed by atoms with van der Waals surface area (Å²) >= 11 is 0. The number of ether oxygens (including phenoxy) is 8. The van der Waals surface area contributed by atoms with E-state index in [9.17, 15) is 57.2 Å². The van der Waals surface area contributed by atoms with Crippen molar-refractivity contribution in [2.24, 2.45) is 0 Å². The van der Waals surface area contributed by atoms with Crippen LogP contribution in [0.5, 0.6) is 69.0 Å². The molecular weight excluding hydrogens is 1920 g/mol. The molecule has 34 heteroatoms. The number of amides is 4. The van der Waals surface area contributed by atoms with Crippen LogP contribution in [0.4, 0.5) is 52.7 Å². The van der Waals surface area contributed by atoms with E-state index in [1.807, 2.05) is 73.7 Å². The van der Waals surface area contributed by atoms with Crippen molar-refractivity contribution in [3.8, 4) is 69.0 Å². The normalized spacial score (nSPS) is 21.5. The Hall–Kier alpha value is -15.1. The van der Waals surface area contributed by atoms with E-state index in [0.29, 0.717) is 79.2 Å². The molecule has 2 fully saturated rings. The van der Waals surface area contributed by atoms with E-state index in [2.05, 4.69) is 28.2 Å². The maximum Gasteiger partial charge on any atom is 0.224 e. The summed E-state index contributed by atoms with van der Waals surface area (Å²) in [4.78, 5) is 51.1. The first-order valence-electron chi connectivity index (χ1n) is 46.6. The molecule has 22 nitrogen and oxygen atoms in total. The number of methoxy groups -OCH3 is 8. The first-order valence-corrected chi connectivity index (χ1v) is 46.6. The lowest BCUT2D eigenvalue weighted by Gasteiger charge is -2.39. The van der Waals surface area contributed by atoms with Gasteiger partial charge in [0.2, 0.25) is 58.0 Å². The van der Waals surface area contributed by atoms with Gasteiger partial charge in [0, 0.05) is 58.0 Å². The van der Waals surface area contributed by atoms with E-state index >= 15 is 35.1 Å². The molecule has 8 N–H and O–H groups in total. The Balaban J connectivity index is 0.000000146. The number of halogens is 12. The Bertz CT molecular complexity index is 6860. The molecular formula is C112H108F12N4O18.